The Labute approximate surface area is 96.8 Å². The smallest absolute Gasteiger partial charge is 0.141 e. The molecule has 16 heavy (non-hydrogen) atoms. The zero-order valence-electron chi connectivity index (χ0n) is 9.56. The van der Waals surface area contributed by atoms with E-state index in [1.54, 1.807) is 0 Å². The number of nitrogens with two attached hydrogens (primary N) is 1. The van der Waals surface area contributed by atoms with Gasteiger partial charge in [-0.1, -0.05) is 43.5 Å². The molecule has 1 aromatic carbocycles. The van der Waals surface area contributed by atoms with E-state index in [1.807, 2.05) is 12.1 Å². The average molecular weight is 217 g/mol. The fourth-order valence-corrected chi connectivity index (χ4v) is 2.50. The summed E-state index contributed by atoms with van der Waals surface area (Å²) >= 11 is 0. The van der Waals surface area contributed by atoms with Crippen molar-refractivity contribution in [1.29, 1.82) is 0 Å². The molecular formula is C14H19NO. The van der Waals surface area contributed by atoms with Crippen molar-refractivity contribution in [2.75, 3.05) is 0 Å². The summed E-state index contributed by atoms with van der Waals surface area (Å²) in [6, 6.07) is 7.77. The number of hydrogen-bond acceptors (Lipinski definition) is 2. The predicted molar refractivity (Wildman–Crippen MR) is 65.3 cm³/mol. The molecule has 86 valence electrons. The van der Waals surface area contributed by atoms with E-state index >= 15 is 0 Å². The topological polar surface area (TPSA) is 43.1 Å². The van der Waals surface area contributed by atoms with E-state index in [1.165, 1.54) is 37.7 Å². The van der Waals surface area contributed by atoms with Crippen LogP contribution in [0.4, 0.5) is 0 Å². The van der Waals surface area contributed by atoms with Gasteiger partial charge in [0, 0.05) is 0 Å². The zero-order chi connectivity index (χ0) is 11.4. The van der Waals surface area contributed by atoms with Gasteiger partial charge < -0.3 is 10.5 Å². The summed E-state index contributed by atoms with van der Waals surface area (Å²) in [6.07, 6.45) is 7.47. The molecule has 0 radical (unpaired) electrons. The number of aldehydes is 1. The zero-order valence-corrected chi connectivity index (χ0v) is 9.56. The van der Waals surface area contributed by atoms with Crippen molar-refractivity contribution in [3.63, 3.8) is 0 Å². The summed E-state index contributed by atoms with van der Waals surface area (Å²) in [6.45, 7) is 0. The van der Waals surface area contributed by atoms with Gasteiger partial charge in [-0.15, -0.1) is 0 Å². The van der Waals surface area contributed by atoms with Crippen LogP contribution in [0.5, 0.6) is 0 Å². The van der Waals surface area contributed by atoms with Crippen LogP contribution in [0.1, 0.15) is 55.2 Å². The molecule has 1 fully saturated rings. The molecule has 1 saturated carbocycles. The fourth-order valence-electron chi connectivity index (χ4n) is 2.50. The van der Waals surface area contributed by atoms with Crippen LogP contribution in [0.25, 0.3) is 0 Å². The minimum absolute atomic E-state index is 0.472. The Kier molecular flexibility index (Phi) is 3.73. The maximum absolute atomic E-state index is 10.6. The highest BCUT2D eigenvalue weighted by Gasteiger charge is 2.15. The second kappa shape index (κ2) is 5.26. The van der Waals surface area contributed by atoms with Crippen molar-refractivity contribution in [3.05, 3.63) is 35.4 Å². The van der Waals surface area contributed by atoms with Gasteiger partial charge in [0.2, 0.25) is 0 Å². The summed E-state index contributed by atoms with van der Waals surface area (Å²) in [4.78, 5) is 10.6. The number of carbonyl (C=O) groups excluding carboxylic acids is 1. The van der Waals surface area contributed by atoms with Gasteiger partial charge in [0.1, 0.15) is 6.29 Å². The van der Waals surface area contributed by atoms with E-state index < -0.39 is 6.04 Å². The molecule has 2 heteroatoms. The van der Waals surface area contributed by atoms with E-state index in [9.17, 15) is 4.79 Å². The molecule has 0 aromatic heterocycles. The van der Waals surface area contributed by atoms with Gasteiger partial charge in [0.15, 0.2) is 0 Å². The highest BCUT2D eigenvalue weighted by molar-refractivity contribution is 5.60. The molecule has 2 N–H and O–H groups in total. The second-order valence-electron chi connectivity index (χ2n) is 4.66. The van der Waals surface area contributed by atoms with Crippen LogP contribution in [-0.2, 0) is 4.79 Å². The number of benzene rings is 1. The summed E-state index contributed by atoms with van der Waals surface area (Å²) in [5.41, 5.74) is 7.97. The standard InChI is InChI=1S/C14H19NO/c15-14(10-16)13-8-6-12(7-9-13)11-4-2-1-3-5-11/h6-11,14H,1-5,15H2. The van der Waals surface area contributed by atoms with Crippen molar-refractivity contribution in [3.8, 4) is 0 Å². The number of carbonyl (C=O) groups is 1. The lowest BCUT2D eigenvalue weighted by molar-refractivity contribution is -0.109. The first kappa shape index (κ1) is 11.3. The molecule has 0 amide bonds. The molecule has 1 aliphatic rings. The van der Waals surface area contributed by atoms with E-state index in [-0.39, 0.29) is 0 Å². The SMILES string of the molecule is NC(C=O)c1ccc(C2CCCCC2)cc1. The minimum Gasteiger partial charge on any atom is -0.318 e. The number of rotatable bonds is 3. The maximum Gasteiger partial charge on any atom is 0.141 e. The van der Waals surface area contributed by atoms with Gasteiger partial charge in [-0.05, 0) is 29.9 Å². The average Bonchev–Trinajstić information content (AvgIpc) is 2.39. The fraction of sp³-hybridized carbons (Fsp3) is 0.500. The highest BCUT2D eigenvalue weighted by atomic mass is 16.1. The van der Waals surface area contributed by atoms with Crippen LogP contribution in [-0.4, -0.2) is 6.29 Å². The Balaban J connectivity index is 2.08. The van der Waals surface area contributed by atoms with Gasteiger partial charge in [-0.25, -0.2) is 0 Å². The first-order valence-corrected chi connectivity index (χ1v) is 6.12. The van der Waals surface area contributed by atoms with Crippen molar-refractivity contribution in [1.82, 2.24) is 0 Å². The van der Waals surface area contributed by atoms with Crippen LogP contribution in [0.15, 0.2) is 24.3 Å². The molecule has 0 heterocycles. The lowest BCUT2D eigenvalue weighted by atomic mass is 9.84. The lowest BCUT2D eigenvalue weighted by Gasteiger charge is -2.22. The summed E-state index contributed by atoms with van der Waals surface area (Å²) in [5.74, 6) is 0.718. The van der Waals surface area contributed by atoms with E-state index in [0.29, 0.717) is 0 Å². The Morgan fingerprint density at radius 2 is 1.75 bits per heavy atom. The quantitative estimate of drug-likeness (QED) is 0.791. The third-order valence-electron chi connectivity index (χ3n) is 3.54. The Morgan fingerprint density at radius 3 is 2.31 bits per heavy atom. The lowest BCUT2D eigenvalue weighted by Crippen LogP contribution is -2.11. The molecule has 1 aromatic rings. The second-order valence-corrected chi connectivity index (χ2v) is 4.66. The first-order valence-electron chi connectivity index (χ1n) is 6.12. The molecule has 1 aliphatic carbocycles. The Morgan fingerprint density at radius 1 is 1.12 bits per heavy atom. The monoisotopic (exact) mass is 217 g/mol. The Bertz CT molecular complexity index is 338. The molecule has 0 spiro atoms. The van der Waals surface area contributed by atoms with Gasteiger partial charge in [-0.3, -0.25) is 0 Å². The van der Waals surface area contributed by atoms with Crippen molar-refractivity contribution in [2.24, 2.45) is 5.73 Å². The molecule has 2 rings (SSSR count). The molecule has 1 atom stereocenters. The first-order chi connectivity index (χ1) is 7.81. The van der Waals surface area contributed by atoms with Crippen LogP contribution >= 0.6 is 0 Å². The van der Waals surface area contributed by atoms with Crippen LogP contribution in [0, 0.1) is 0 Å². The molecule has 0 bridgehead atoms. The molecule has 0 aliphatic heterocycles. The summed E-state index contributed by atoms with van der Waals surface area (Å²) in [5, 5.41) is 0. The molecule has 0 saturated heterocycles. The molecular weight excluding hydrogens is 198 g/mol. The van der Waals surface area contributed by atoms with Crippen LogP contribution in [0.2, 0.25) is 0 Å². The van der Waals surface area contributed by atoms with Gasteiger partial charge in [0.05, 0.1) is 6.04 Å². The van der Waals surface area contributed by atoms with E-state index in [0.717, 1.165) is 17.8 Å². The van der Waals surface area contributed by atoms with Gasteiger partial charge in [-0.2, -0.15) is 0 Å². The number of hydrogen-bond donors (Lipinski definition) is 1. The van der Waals surface area contributed by atoms with Crippen molar-refractivity contribution < 1.29 is 4.79 Å². The highest BCUT2D eigenvalue weighted by Crippen LogP contribution is 2.32. The maximum atomic E-state index is 10.6. The normalized spacial score (nSPS) is 19.3. The van der Waals surface area contributed by atoms with Crippen molar-refractivity contribution >= 4 is 6.29 Å². The van der Waals surface area contributed by atoms with E-state index in [2.05, 4.69) is 12.1 Å². The minimum atomic E-state index is -0.472. The van der Waals surface area contributed by atoms with E-state index in [4.69, 9.17) is 5.73 Å². The van der Waals surface area contributed by atoms with Gasteiger partial charge in [0.25, 0.3) is 0 Å². The predicted octanol–water partition coefficient (Wildman–Crippen LogP) is 2.93. The van der Waals surface area contributed by atoms with Crippen LogP contribution in [0.3, 0.4) is 0 Å². The third-order valence-corrected chi connectivity index (χ3v) is 3.54. The summed E-state index contributed by atoms with van der Waals surface area (Å²) < 4.78 is 0. The molecule has 1 unspecified atom stereocenters. The van der Waals surface area contributed by atoms with Gasteiger partial charge >= 0.3 is 0 Å². The third kappa shape index (κ3) is 2.50. The largest absolute Gasteiger partial charge is 0.318 e. The summed E-state index contributed by atoms with van der Waals surface area (Å²) in [7, 11) is 0. The molecule has 2 nitrogen and oxygen atoms in total. The Hall–Kier alpha value is -1.15. The van der Waals surface area contributed by atoms with Crippen molar-refractivity contribution in [2.45, 2.75) is 44.1 Å². The van der Waals surface area contributed by atoms with Crippen LogP contribution < -0.4 is 5.73 Å².